The molecule has 0 saturated carbocycles. The number of benzene rings is 6. The third kappa shape index (κ3) is 39.1. The molecule has 0 aromatic heterocycles. The minimum absolute atomic E-state index is 0.349. The van der Waals surface area contributed by atoms with Crippen LogP contribution >= 0.6 is 0 Å². The quantitative estimate of drug-likeness (QED) is 0.0278. The Morgan fingerprint density at radius 1 is 0.202 bits per heavy atom. The summed E-state index contributed by atoms with van der Waals surface area (Å²) in [6.07, 6.45) is 38.7. The Kier molecular flexibility index (Phi) is 49.1. The molecule has 0 radical (unpaired) electrons. The molecule has 0 N–H and O–H groups in total. The van der Waals surface area contributed by atoms with Gasteiger partial charge in [-0.3, -0.25) is 0 Å². The molecule has 7 rings (SSSR count). The lowest BCUT2D eigenvalue weighted by atomic mass is 10.1. The highest BCUT2D eigenvalue weighted by molar-refractivity contribution is 5.71. The van der Waals surface area contributed by atoms with E-state index in [1.807, 2.05) is 52.5 Å². The van der Waals surface area contributed by atoms with Gasteiger partial charge in [0.05, 0.1) is 22.3 Å². The molecular weight excluding hydrogens is 1500 g/mol. The van der Waals surface area contributed by atoms with Gasteiger partial charge in [-0.25, -0.2) is 0 Å². The largest absolute Gasteiger partial charge is 0.378 e. The van der Waals surface area contributed by atoms with Crippen molar-refractivity contribution < 1.29 is 0 Å². The first-order valence-corrected chi connectivity index (χ1v) is 47.2. The Morgan fingerprint density at radius 2 is 0.379 bits per heavy atom. The summed E-state index contributed by atoms with van der Waals surface area (Å²) in [5, 5.41) is 0. The van der Waals surface area contributed by atoms with Crippen LogP contribution in [-0.2, 0) is 0 Å². The summed E-state index contributed by atoms with van der Waals surface area (Å²) in [4.78, 5) is 14.4. The molecule has 1 aliphatic carbocycles. The van der Waals surface area contributed by atoms with E-state index in [1.54, 1.807) is 0 Å². The second-order valence-electron chi connectivity index (χ2n) is 32.8. The van der Waals surface area contributed by atoms with Crippen LogP contribution in [0, 0.1) is 142 Å². The monoisotopic (exact) mass is 1640 g/mol. The van der Waals surface area contributed by atoms with E-state index in [0.29, 0.717) is 33.4 Å². The molecule has 0 heterocycles. The number of allylic oxidation sites excluding steroid dienone is 6. The molecule has 642 valence electrons. The Balaban J connectivity index is 1.56. The predicted molar refractivity (Wildman–Crippen MR) is 538 cm³/mol. The molecule has 6 aromatic carbocycles. The highest BCUT2D eigenvalue weighted by Crippen LogP contribution is 2.25. The molecule has 0 bridgehead atoms. The van der Waals surface area contributed by atoms with Crippen LogP contribution < -0.4 is 29.4 Å². The van der Waals surface area contributed by atoms with Crippen molar-refractivity contribution in [3.63, 3.8) is 0 Å². The molecule has 0 saturated heterocycles. The molecule has 6 nitrogen and oxygen atoms in total. The lowest BCUT2D eigenvalue weighted by Crippen LogP contribution is -2.25. The Labute approximate surface area is 754 Å². The average molecular weight is 1640 g/mol. The van der Waals surface area contributed by atoms with Crippen molar-refractivity contribution in [2.45, 2.75) is 261 Å². The number of hydrogen-bond donors (Lipinski definition) is 0. The fourth-order valence-corrected chi connectivity index (χ4v) is 14.3. The summed E-state index contributed by atoms with van der Waals surface area (Å²) in [5.74, 6) is 81.3. The SMILES string of the molecule is CCCCCCN(CCCCCC)c1ccc(C#CC(C#Cc2ccc(N(CCCCCC)CCCCCC)cc2)=C2C#CC#CC(=C(C#Cc3ccc(N(CCCCCC)CCCCCC)cc3)C#Cc3ccc(N(CCCCCC)CCCCCC)cc3)C#CC#C/C(C#Cc3ccc(N(C)C)cc3)=C(/C#Cc3ccc(N(C)C)cc3)C#CC#C2)cc1. The van der Waals surface area contributed by atoms with E-state index in [-0.39, 0.29) is 0 Å². The minimum Gasteiger partial charge on any atom is -0.378 e. The zero-order chi connectivity index (χ0) is 88.1. The number of hydrogen-bond acceptors (Lipinski definition) is 6. The van der Waals surface area contributed by atoms with Crippen LogP contribution in [0.4, 0.5) is 34.1 Å². The first-order chi connectivity index (χ1) is 60.9. The maximum absolute atomic E-state index is 3.53. The molecule has 6 heteroatoms. The zero-order valence-electron chi connectivity index (χ0n) is 77.8. The van der Waals surface area contributed by atoms with Crippen LogP contribution in [-0.4, -0.2) is 80.5 Å². The van der Waals surface area contributed by atoms with E-state index >= 15 is 0 Å². The molecule has 0 aliphatic heterocycles. The van der Waals surface area contributed by atoms with Gasteiger partial charge in [0.25, 0.3) is 0 Å². The lowest BCUT2D eigenvalue weighted by molar-refractivity contribution is 0.609. The van der Waals surface area contributed by atoms with Crippen molar-refractivity contribution in [1.82, 2.24) is 0 Å². The molecule has 0 atom stereocenters. The van der Waals surface area contributed by atoms with Crippen LogP contribution in [0.1, 0.15) is 294 Å². The molecule has 0 spiro atoms. The van der Waals surface area contributed by atoms with Crippen molar-refractivity contribution in [2.24, 2.45) is 0 Å². The molecule has 0 fully saturated rings. The van der Waals surface area contributed by atoms with Gasteiger partial charge >= 0.3 is 0 Å². The number of rotatable bonds is 46. The van der Waals surface area contributed by atoms with Crippen LogP contribution in [0.3, 0.4) is 0 Å². The molecule has 0 amide bonds. The van der Waals surface area contributed by atoms with Gasteiger partial charge in [-0.1, -0.05) is 281 Å². The standard InChI is InChI=1S/C118H140N6/c1-13-21-29-43-93-121(94-44-30-22-14-2)115-85-67-103(68-86-115)59-77-111(78-60-104-69-87-116(88-70-104)122(95-45-31-23-15-3)96-46-32-24-16-4)107-51-37-38-52-108(54-40-42-56-110(76-58-102-65-83-114(84-66-102)120(11)12)109(55-41-39-53-107)75-57-101-63-81-113(82-64-101)119(9)10)112(79-61-105-71-89-117(90-72-105)123(97-47-33-25-17-5)98-48-34-26-18-6)80-62-106-73-91-118(92-74-106)124(99-49-35-27-19-7)100-50-36-28-20-8/h63-74,81-92H,13-36,43-50,93-100H2,1-12H3/b110-109-. The van der Waals surface area contributed by atoms with Crippen LogP contribution in [0.2, 0.25) is 0 Å². The summed E-state index contributed by atoms with van der Waals surface area (Å²) < 4.78 is 0. The third-order valence-corrected chi connectivity index (χ3v) is 22.0. The van der Waals surface area contributed by atoms with E-state index in [4.69, 9.17) is 0 Å². The molecule has 0 unspecified atom stereocenters. The fraction of sp³-hybridized carbons (Fsp3) is 0.441. The van der Waals surface area contributed by atoms with Crippen molar-refractivity contribution in [3.8, 4) is 142 Å². The number of unbranched alkanes of at least 4 members (excludes halogenated alkanes) is 24. The Hall–Kier alpha value is -11.9. The molecule has 6 aromatic rings. The average Bonchev–Trinajstić information content (AvgIpc) is 0.869. The highest BCUT2D eigenvalue weighted by atomic mass is 15.1. The maximum Gasteiger partial charge on any atom is 0.101 e. The van der Waals surface area contributed by atoms with Crippen LogP contribution in [0.15, 0.2) is 179 Å². The normalized spacial score (nSPS) is 11.5. The number of nitrogens with zero attached hydrogens (tertiary/aromatic N) is 6. The van der Waals surface area contributed by atoms with Crippen molar-refractivity contribution in [3.05, 3.63) is 212 Å². The third-order valence-electron chi connectivity index (χ3n) is 22.0. The van der Waals surface area contributed by atoms with Gasteiger partial charge in [0, 0.05) is 148 Å². The van der Waals surface area contributed by atoms with E-state index < -0.39 is 0 Å². The zero-order valence-corrected chi connectivity index (χ0v) is 77.8. The second kappa shape index (κ2) is 61.4. The van der Waals surface area contributed by atoms with Gasteiger partial charge in [-0.15, -0.1) is 0 Å². The topological polar surface area (TPSA) is 19.4 Å². The minimum atomic E-state index is 0.349. The van der Waals surface area contributed by atoms with E-state index in [0.717, 1.165) is 148 Å². The first-order valence-electron chi connectivity index (χ1n) is 47.2. The molecule has 124 heavy (non-hydrogen) atoms. The van der Waals surface area contributed by atoms with Gasteiger partial charge in [0.1, 0.15) is 11.1 Å². The van der Waals surface area contributed by atoms with E-state index in [2.05, 4.69) is 348 Å². The van der Waals surface area contributed by atoms with Gasteiger partial charge in [0.2, 0.25) is 0 Å². The van der Waals surface area contributed by atoms with E-state index in [1.165, 1.54) is 177 Å². The summed E-state index contributed by atoms with van der Waals surface area (Å²) in [7, 11) is 8.10. The summed E-state index contributed by atoms with van der Waals surface area (Å²) in [5.41, 5.74) is 14.2. The number of anilines is 6. The predicted octanol–water partition coefficient (Wildman–Crippen LogP) is 26.2. The Morgan fingerprint density at radius 3 is 0.565 bits per heavy atom. The van der Waals surface area contributed by atoms with Crippen molar-refractivity contribution in [2.75, 3.05) is 110 Å². The van der Waals surface area contributed by atoms with Crippen molar-refractivity contribution >= 4 is 34.1 Å². The van der Waals surface area contributed by atoms with Gasteiger partial charge in [0.15, 0.2) is 0 Å². The summed E-state index contributed by atoms with van der Waals surface area (Å²) in [6.45, 7) is 26.4. The fourth-order valence-electron chi connectivity index (χ4n) is 14.3. The van der Waals surface area contributed by atoms with E-state index in [9.17, 15) is 0 Å². The Bertz CT molecular complexity index is 4590. The van der Waals surface area contributed by atoms with Gasteiger partial charge in [-0.05, 0) is 268 Å². The van der Waals surface area contributed by atoms with Crippen molar-refractivity contribution in [1.29, 1.82) is 0 Å². The summed E-state index contributed by atoms with van der Waals surface area (Å²) in [6, 6.07) is 51.0. The van der Waals surface area contributed by atoms with Gasteiger partial charge < -0.3 is 29.4 Å². The highest BCUT2D eigenvalue weighted by Gasteiger charge is 2.13. The molecule has 1 aliphatic rings. The van der Waals surface area contributed by atoms with Crippen LogP contribution in [0.5, 0.6) is 0 Å². The summed E-state index contributed by atoms with van der Waals surface area (Å²) >= 11 is 0. The smallest absolute Gasteiger partial charge is 0.101 e. The second-order valence-corrected chi connectivity index (χ2v) is 32.8. The lowest BCUT2D eigenvalue weighted by Gasteiger charge is -2.25. The van der Waals surface area contributed by atoms with Gasteiger partial charge in [-0.2, -0.15) is 0 Å². The first kappa shape index (κ1) is 99.2. The maximum atomic E-state index is 3.53. The molecular formula is C118H140N6. The van der Waals surface area contributed by atoms with Crippen LogP contribution in [0.25, 0.3) is 0 Å².